The molecular weight excluding hydrogens is 346 g/mol. The lowest BCUT2D eigenvalue weighted by atomic mass is 9.98. The molecule has 0 radical (unpaired) electrons. The van der Waals surface area contributed by atoms with Gasteiger partial charge in [0.1, 0.15) is 5.56 Å². The number of carbonyl (C=O) groups is 1. The maximum Gasteiger partial charge on any atom is 0.284 e. The van der Waals surface area contributed by atoms with E-state index in [9.17, 15) is 14.9 Å². The predicted molar refractivity (Wildman–Crippen MR) is 102 cm³/mol. The Morgan fingerprint density at radius 1 is 0.852 bits per heavy atom. The van der Waals surface area contributed by atoms with Crippen molar-refractivity contribution in [2.75, 3.05) is 14.2 Å². The summed E-state index contributed by atoms with van der Waals surface area (Å²) in [4.78, 5) is 23.7. The molecule has 0 spiro atoms. The van der Waals surface area contributed by atoms with Crippen LogP contribution in [-0.2, 0) is 0 Å². The van der Waals surface area contributed by atoms with Crippen LogP contribution in [0.15, 0.2) is 66.7 Å². The van der Waals surface area contributed by atoms with Gasteiger partial charge in [-0.3, -0.25) is 14.9 Å². The van der Waals surface area contributed by atoms with Crippen molar-refractivity contribution in [3.8, 4) is 22.6 Å². The Morgan fingerprint density at radius 3 is 1.96 bits per heavy atom. The highest BCUT2D eigenvalue weighted by atomic mass is 16.6. The third-order valence-electron chi connectivity index (χ3n) is 4.20. The molecule has 6 nitrogen and oxygen atoms in total. The summed E-state index contributed by atoms with van der Waals surface area (Å²) < 4.78 is 10.3. The fraction of sp³-hybridized carbons (Fsp3) is 0.0952. The summed E-state index contributed by atoms with van der Waals surface area (Å²) in [7, 11) is 2.79. The molecule has 0 aliphatic rings. The maximum absolute atomic E-state index is 12.9. The van der Waals surface area contributed by atoms with Crippen molar-refractivity contribution in [1.29, 1.82) is 0 Å². The molecule has 0 bridgehead atoms. The number of nitrogens with zero attached hydrogens (tertiary/aromatic N) is 1. The molecule has 0 N–H and O–H groups in total. The molecule has 136 valence electrons. The minimum absolute atomic E-state index is 0.0508. The molecule has 0 aliphatic carbocycles. The average molecular weight is 363 g/mol. The first-order valence-corrected chi connectivity index (χ1v) is 8.15. The van der Waals surface area contributed by atoms with Crippen molar-refractivity contribution in [3.05, 3.63) is 88.0 Å². The standard InChI is InChI=1S/C21H17NO5/c1-26-19-12-17(18(22(24)25)13-20(19)27-2)21(23)16-10-8-15(9-11-16)14-6-4-3-5-7-14/h3-13H,1-2H3. The van der Waals surface area contributed by atoms with E-state index in [0.29, 0.717) is 5.56 Å². The first-order chi connectivity index (χ1) is 13.0. The summed E-state index contributed by atoms with van der Waals surface area (Å²) in [6.45, 7) is 0. The molecule has 0 unspecified atom stereocenters. The van der Waals surface area contributed by atoms with Gasteiger partial charge in [0, 0.05) is 11.6 Å². The zero-order valence-corrected chi connectivity index (χ0v) is 14.8. The zero-order chi connectivity index (χ0) is 19.4. The van der Waals surface area contributed by atoms with Gasteiger partial charge in [0.25, 0.3) is 5.69 Å². The lowest BCUT2D eigenvalue weighted by Crippen LogP contribution is -2.07. The van der Waals surface area contributed by atoms with Gasteiger partial charge in [-0.15, -0.1) is 0 Å². The number of carbonyl (C=O) groups excluding carboxylic acids is 1. The van der Waals surface area contributed by atoms with E-state index in [1.807, 2.05) is 42.5 Å². The minimum atomic E-state index is -0.604. The van der Waals surface area contributed by atoms with Gasteiger partial charge in [-0.25, -0.2) is 0 Å². The van der Waals surface area contributed by atoms with Crippen LogP contribution in [0.2, 0.25) is 0 Å². The van der Waals surface area contributed by atoms with E-state index in [2.05, 4.69) is 0 Å². The van der Waals surface area contributed by atoms with Gasteiger partial charge in [0.2, 0.25) is 0 Å². The van der Waals surface area contributed by atoms with Gasteiger partial charge in [-0.1, -0.05) is 54.6 Å². The highest BCUT2D eigenvalue weighted by Gasteiger charge is 2.25. The molecule has 3 aromatic rings. The topological polar surface area (TPSA) is 78.7 Å². The van der Waals surface area contributed by atoms with Gasteiger partial charge < -0.3 is 9.47 Å². The second-order valence-electron chi connectivity index (χ2n) is 5.75. The number of nitro benzene ring substituents is 1. The summed E-state index contributed by atoms with van der Waals surface area (Å²) in [5.74, 6) is -0.00482. The molecule has 0 aliphatic heterocycles. The van der Waals surface area contributed by atoms with Gasteiger partial charge >= 0.3 is 0 Å². The number of hydrogen-bond acceptors (Lipinski definition) is 5. The molecule has 6 heteroatoms. The van der Waals surface area contributed by atoms with Crippen LogP contribution < -0.4 is 9.47 Å². The number of ether oxygens (including phenoxy) is 2. The Labute approximate surface area is 156 Å². The van der Waals surface area contributed by atoms with Crippen LogP contribution in [0.3, 0.4) is 0 Å². The molecule has 0 aromatic heterocycles. The third-order valence-corrected chi connectivity index (χ3v) is 4.20. The van der Waals surface area contributed by atoms with E-state index in [0.717, 1.165) is 11.1 Å². The van der Waals surface area contributed by atoms with Crippen molar-refractivity contribution < 1.29 is 19.2 Å². The molecule has 0 saturated heterocycles. The van der Waals surface area contributed by atoms with Crippen molar-refractivity contribution in [2.45, 2.75) is 0 Å². The van der Waals surface area contributed by atoms with Gasteiger partial charge in [-0.2, -0.15) is 0 Å². The Kier molecular flexibility index (Phi) is 5.17. The second kappa shape index (κ2) is 7.70. The third kappa shape index (κ3) is 3.64. The number of ketones is 1. The van der Waals surface area contributed by atoms with Crippen LogP contribution in [0, 0.1) is 10.1 Å². The maximum atomic E-state index is 12.9. The Hall–Kier alpha value is -3.67. The SMILES string of the molecule is COc1cc(C(=O)c2ccc(-c3ccccc3)cc2)c([N+](=O)[O-])cc1OC. The predicted octanol–water partition coefficient (Wildman–Crippen LogP) is 4.51. The highest BCUT2D eigenvalue weighted by molar-refractivity contribution is 6.12. The molecule has 0 fully saturated rings. The molecule has 0 heterocycles. The quantitative estimate of drug-likeness (QED) is 0.366. The van der Waals surface area contributed by atoms with E-state index < -0.39 is 10.7 Å². The van der Waals surface area contributed by atoms with Crippen LogP contribution in [0.5, 0.6) is 11.5 Å². The molecular formula is C21H17NO5. The molecule has 0 atom stereocenters. The van der Waals surface area contributed by atoms with E-state index in [-0.39, 0.29) is 22.7 Å². The first kappa shape index (κ1) is 18.1. The summed E-state index contributed by atoms with van der Waals surface area (Å²) in [5, 5.41) is 11.4. The van der Waals surface area contributed by atoms with E-state index in [1.54, 1.807) is 12.1 Å². The number of methoxy groups -OCH3 is 2. The number of benzene rings is 3. The van der Waals surface area contributed by atoms with Gasteiger partial charge in [0.05, 0.1) is 25.2 Å². The van der Waals surface area contributed by atoms with Crippen molar-refractivity contribution in [2.24, 2.45) is 0 Å². The highest BCUT2D eigenvalue weighted by Crippen LogP contribution is 2.35. The van der Waals surface area contributed by atoms with E-state index in [1.165, 1.54) is 26.4 Å². The summed E-state index contributed by atoms with van der Waals surface area (Å²) in [5.41, 5.74) is 1.95. The number of rotatable bonds is 6. The smallest absolute Gasteiger partial charge is 0.284 e. The van der Waals surface area contributed by atoms with Crippen molar-refractivity contribution in [3.63, 3.8) is 0 Å². The fourth-order valence-electron chi connectivity index (χ4n) is 2.80. The monoisotopic (exact) mass is 363 g/mol. The average Bonchev–Trinajstić information content (AvgIpc) is 2.72. The first-order valence-electron chi connectivity index (χ1n) is 8.15. The minimum Gasteiger partial charge on any atom is -0.493 e. The van der Waals surface area contributed by atoms with Gasteiger partial charge in [-0.05, 0) is 11.1 Å². The van der Waals surface area contributed by atoms with E-state index in [4.69, 9.17) is 9.47 Å². The summed E-state index contributed by atoms with van der Waals surface area (Å²) in [6, 6.07) is 19.2. The lowest BCUT2D eigenvalue weighted by molar-refractivity contribution is -0.385. The van der Waals surface area contributed by atoms with E-state index >= 15 is 0 Å². The Bertz CT molecular complexity index is 981. The fourth-order valence-corrected chi connectivity index (χ4v) is 2.80. The zero-order valence-electron chi connectivity index (χ0n) is 14.8. The van der Waals surface area contributed by atoms with Crippen molar-refractivity contribution >= 4 is 11.5 Å². The Balaban J connectivity index is 2.01. The van der Waals surface area contributed by atoms with Crippen LogP contribution >= 0.6 is 0 Å². The van der Waals surface area contributed by atoms with Crippen LogP contribution in [0.25, 0.3) is 11.1 Å². The van der Waals surface area contributed by atoms with Crippen LogP contribution in [-0.4, -0.2) is 24.9 Å². The molecule has 0 saturated carbocycles. The number of nitro groups is 1. The van der Waals surface area contributed by atoms with Gasteiger partial charge in [0.15, 0.2) is 17.3 Å². The number of hydrogen-bond donors (Lipinski definition) is 0. The molecule has 3 aromatic carbocycles. The second-order valence-corrected chi connectivity index (χ2v) is 5.75. The molecule has 3 rings (SSSR count). The van der Waals surface area contributed by atoms with Crippen molar-refractivity contribution in [1.82, 2.24) is 0 Å². The van der Waals surface area contributed by atoms with Crippen LogP contribution in [0.1, 0.15) is 15.9 Å². The summed E-state index contributed by atoms with van der Waals surface area (Å²) >= 11 is 0. The molecule has 0 amide bonds. The normalized spacial score (nSPS) is 10.3. The Morgan fingerprint density at radius 2 is 1.41 bits per heavy atom. The molecule has 27 heavy (non-hydrogen) atoms. The van der Waals surface area contributed by atoms with Crippen LogP contribution in [0.4, 0.5) is 5.69 Å². The lowest BCUT2D eigenvalue weighted by Gasteiger charge is -2.10. The summed E-state index contributed by atoms with van der Waals surface area (Å²) in [6.07, 6.45) is 0. The largest absolute Gasteiger partial charge is 0.493 e.